The lowest BCUT2D eigenvalue weighted by molar-refractivity contribution is -0.136. The number of hydrogen-bond donors (Lipinski definition) is 3. The van der Waals surface area contributed by atoms with E-state index in [1.807, 2.05) is 12.1 Å². The molecular weight excluding hydrogens is 466 g/mol. The van der Waals surface area contributed by atoms with Crippen LogP contribution in [-0.4, -0.2) is 59.5 Å². The zero-order valence-electron chi connectivity index (χ0n) is 19.4. The second-order valence-corrected chi connectivity index (χ2v) is 8.81. The summed E-state index contributed by atoms with van der Waals surface area (Å²) in [5.74, 6) is -2.94. The largest absolute Gasteiger partial charge is 0.375 e. The Hall–Kier alpha value is -4.54. The molecule has 2 aromatic rings. The average molecular weight is 489 g/mol. The van der Waals surface area contributed by atoms with E-state index < -0.39 is 35.6 Å². The van der Waals surface area contributed by atoms with E-state index in [9.17, 15) is 28.8 Å². The van der Waals surface area contributed by atoms with Crippen molar-refractivity contribution >= 4 is 52.5 Å². The van der Waals surface area contributed by atoms with Gasteiger partial charge in [0, 0.05) is 25.6 Å². The number of carbonyl (C=O) groups is 6. The van der Waals surface area contributed by atoms with Gasteiger partial charge in [0.15, 0.2) is 0 Å². The molecule has 1 unspecified atom stereocenters. The third-order valence-electron chi connectivity index (χ3n) is 6.56. The van der Waals surface area contributed by atoms with Gasteiger partial charge in [-0.2, -0.15) is 0 Å². The molecule has 3 aliphatic rings. The second-order valence-electron chi connectivity index (χ2n) is 8.81. The first kappa shape index (κ1) is 23.2. The third kappa shape index (κ3) is 3.88. The Morgan fingerprint density at radius 2 is 1.75 bits per heavy atom. The first-order valence-electron chi connectivity index (χ1n) is 11.5. The molecule has 0 bridgehead atoms. The molecule has 6 amide bonds. The summed E-state index contributed by atoms with van der Waals surface area (Å²) in [5, 5.41) is 7.89. The van der Waals surface area contributed by atoms with Crippen molar-refractivity contribution in [3.05, 3.63) is 53.1 Å². The minimum Gasteiger partial charge on any atom is -0.375 e. The van der Waals surface area contributed by atoms with Crippen LogP contribution >= 0.6 is 0 Å². The lowest BCUT2D eigenvalue weighted by atomic mass is 10.0. The Bertz CT molecular complexity index is 1350. The molecule has 0 radical (unpaired) electrons. The summed E-state index contributed by atoms with van der Waals surface area (Å²) in [7, 11) is 0. The third-order valence-corrected chi connectivity index (χ3v) is 6.56. The fourth-order valence-electron chi connectivity index (χ4n) is 4.90. The van der Waals surface area contributed by atoms with Gasteiger partial charge in [-0.15, -0.1) is 0 Å². The van der Waals surface area contributed by atoms with E-state index in [1.165, 1.54) is 13.0 Å². The molecule has 36 heavy (non-hydrogen) atoms. The van der Waals surface area contributed by atoms with E-state index in [4.69, 9.17) is 0 Å². The van der Waals surface area contributed by atoms with Crippen molar-refractivity contribution in [2.24, 2.45) is 0 Å². The maximum absolute atomic E-state index is 13.2. The predicted molar refractivity (Wildman–Crippen MR) is 128 cm³/mol. The van der Waals surface area contributed by atoms with E-state index in [0.717, 1.165) is 10.5 Å². The highest BCUT2D eigenvalue weighted by Gasteiger charge is 2.45. The molecular formula is C25H23N5O6. The molecule has 3 aliphatic heterocycles. The van der Waals surface area contributed by atoms with Gasteiger partial charge in [0.1, 0.15) is 6.04 Å². The lowest BCUT2D eigenvalue weighted by Crippen LogP contribution is -2.54. The smallest absolute Gasteiger partial charge is 0.264 e. The highest BCUT2D eigenvalue weighted by Crippen LogP contribution is 2.36. The number of carbonyl (C=O) groups excluding carboxylic acids is 6. The van der Waals surface area contributed by atoms with Crippen LogP contribution in [0.25, 0.3) is 0 Å². The summed E-state index contributed by atoms with van der Waals surface area (Å²) in [6.45, 7) is 1.81. The summed E-state index contributed by atoms with van der Waals surface area (Å²) >= 11 is 0. The molecule has 2 aromatic carbocycles. The van der Waals surface area contributed by atoms with Crippen LogP contribution in [-0.2, 0) is 25.6 Å². The molecule has 5 rings (SSSR count). The molecule has 0 saturated carbocycles. The van der Waals surface area contributed by atoms with Crippen LogP contribution in [0.3, 0.4) is 0 Å². The number of amides is 6. The highest BCUT2D eigenvalue weighted by atomic mass is 16.2. The normalized spacial score (nSPS) is 18.6. The predicted octanol–water partition coefficient (Wildman–Crippen LogP) is 1.05. The van der Waals surface area contributed by atoms with Gasteiger partial charge in [0.2, 0.25) is 23.6 Å². The SMILES string of the molecule is CC(=O)N1CCc2cccc(NC(=O)CNc3cccc4c3C(=O)N(C3CCC(=O)NC3=O)C4=O)c21. The van der Waals surface area contributed by atoms with Gasteiger partial charge in [0.25, 0.3) is 11.8 Å². The molecule has 0 aliphatic carbocycles. The number of nitrogens with one attached hydrogen (secondary N) is 3. The van der Waals surface area contributed by atoms with Gasteiger partial charge in [-0.3, -0.25) is 39.0 Å². The van der Waals surface area contributed by atoms with Crippen LogP contribution < -0.4 is 20.9 Å². The van der Waals surface area contributed by atoms with Crippen molar-refractivity contribution in [1.82, 2.24) is 10.2 Å². The zero-order chi connectivity index (χ0) is 25.6. The molecule has 3 N–H and O–H groups in total. The lowest BCUT2D eigenvalue weighted by Gasteiger charge is -2.27. The summed E-state index contributed by atoms with van der Waals surface area (Å²) in [4.78, 5) is 77.2. The van der Waals surface area contributed by atoms with Crippen molar-refractivity contribution in [3.8, 4) is 0 Å². The van der Waals surface area contributed by atoms with Crippen molar-refractivity contribution in [3.63, 3.8) is 0 Å². The van der Waals surface area contributed by atoms with Crippen molar-refractivity contribution in [2.75, 3.05) is 28.6 Å². The summed E-state index contributed by atoms with van der Waals surface area (Å²) in [6, 6.07) is 9.00. The Labute approximate surface area is 205 Å². The van der Waals surface area contributed by atoms with Crippen molar-refractivity contribution in [2.45, 2.75) is 32.2 Å². The number of para-hydroxylation sites is 1. The fraction of sp³-hybridized carbons (Fsp3) is 0.280. The number of hydrogen-bond acceptors (Lipinski definition) is 7. The van der Waals surface area contributed by atoms with Crippen molar-refractivity contribution < 1.29 is 28.8 Å². The van der Waals surface area contributed by atoms with Crippen LogP contribution in [0.1, 0.15) is 46.0 Å². The molecule has 1 fully saturated rings. The van der Waals surface area contributed by atoms with Crippen LogP contribution in [0, 0.1) is 0 Å². The second kappa shape index (κ2) is 8.91. The first-order valence-corrected chi connectivity index (χ1v) is 11.5. The number of fused-ring (bicyclic) bond motifs is 2. The molecule has 1 saturated heterocycles. The Morgan fingerprint density at radius 1 is 1.00 bits per heavy atom. The zero-order valence-corrected chi connectivity index (χ0v) is 19.4. The molecule has 184 valence electrons. The minimum atomic E-state index is -1.07. The van der Waals surface area contributed by atoms with Gasteiger partial charge >= 0.3 is 0 Å². The standard InChI is InChI=1S/C25H23N5O6/c1-13(31)29-11-10-14-4-2-7-17(22(14)29)27-20(33)12-26-16-6-3-5-15-21(16)25(36)30(24(15)35)18-8-9-19(32)28-23(18)34/h2-7,18,26H,8-12H2,1H3,(H,27,33)(H,28,32,34). The van der Waals surface area contributed by atoms with Crippen LogP contribution in [0.5, 0.6) is 0 Å². The number of benzene rings is 2. The van der Waals surface area contributed by atoms with E-state index in [-0.39, 0.29) is 42.1 Å². The minimum absolute atomic E-state index is 0.0271. The fourth-order valence-corrected chi connectivity index (χ4v) is 4.90. The molecule has 0 spiro atoms. The van der Waals surface area contributed by atoms with E-state index in [2.05, 4.69) is 16.0 Å². The quantitative estimate of drug-likeness (QED) is 0.532. The van der Waals surface area contributed by atoms with Crippen LogP contribution in [0.2, 0.25) is 0 Å². The monoisotopic (exact) mass is 489 g/mol. The average Bonchev–Trinajstić information content (AvgIpc) is 3.39. The Kier molecular flexibility index (Phi) is 5.75. The topological polar surface area (TPSA) is 145 Å². The van der Waals surface area contributed by atoms with Crippen LogP contribution in [0.4, 0.5) is 17.1 Å². The van der Waals surface area contributed by atoms with E-state index >= 15 is 0 Å². The van der Waals surface area contributed by atoms with Gasteiger partial charge in [-0.1, -0.05) is 18.2 Å². The summed E-state index contributed by atoms with van der Waals surface area (Å²) < 4.78 is 0. The number of piperidine rings is 1. The van der Waals surface area contributed by atoms with Gasteiger partial charge < -0.3 is 15.5 Å². The summed E-state index contributed by atoms with van der Waals surface area (Å²) in [5.41, 5.74) is 2.63. The molecule has 11 heteroatoms. The molecule has 11 nitrogen and oxygen atoms in total. The first-order chi connectivity index (χ1) is 17.3. The number of rotatable bonds is 5. The van der Waals surface area contributed by atoms with Crippen LogP contribution in [0.15, 0.2) is 36.4 Å². The molecule has 0 aromatic heterocycles. The van der Waals surface area contributed by atoms with Gasteiger partial charge in [-0.05, 0) is 36.6 Å². The van der Waals surface area contributed by atoms with Gasteiger partial charge in [-0.25, -0.2) is 0 Å². The molecule has 1 atom stereocenters. The Morgan fingerprint density at radius 3 is 2.50 bits per heavy atom. The maximum Gasteiger partial charge on any atom is 0.264 e. The van der Waals surface area contributed by atoms with Gasteiger partial charge in [0.05, 0.1) is 29.0 Å². The van der Waals surface area contributed by atoms with Crippen molar-refractivity contribution in [1.29, 1.82) is 0 Å². The number of anilines is 3. The maximum atomic E-state index is 13.2. The summed E-state index contributed by atoms with van der Waals surface area (Å²) in [6.07, 6.45) is 0.784. The van der Waals surface area contributed by atoms with E-state index in [1.54, 1.807) is 23.1 Å². The number of imide groups is 2. The highest BCUT2D eigenvalue weighted by molar-refractivity contribution is 6.25. The Balaban J connectivity index is 1.32. The number of nitrogens with zero attached hydrogens (tertiary/aromatic N) is 2. The molecule has 3 heterocycles. The van der Waals surface area contributed by atoms with E-state index in [0.29, 0.717) is 24.3 Å².